The summed E-state index contributed by atoms with van der Waals surface area (Å²) < 4.78 is 5.72. The molecule has 0 aromatic heterocycles. The maximum atomic E-state index is 8.76. The second-order valence-corrected chi connectivity index (χ2v) is 4.14. The van der Waals surface area contributed by atoms with Crippen molar-refractivity contribution < 1.29 is 4.74 Å². The molecule has 0 N–H and O–H groups in total. The molecule has 0 radical (unpaired) electrons. The Bertz CT molecular complexity index is 379. The number of ether oxygens (including phenoxy) is 1. The summed E-state index contributed by atoms with van der Waals surface area (Å²) in [5, 5.41) is 8.76. The topological polar surface area (TPSA) is 33.0 Å². The van der Waals surface area contributed by atoms with Crippen LogP contribution >= 0.6 is 11.8 Å². The highest BCUT2D eigenvalue weighted by atomic mass is 32.2. The summed E-state index contributed by atoms with van der Waals surface area (Å²) in [6.07, 6.45) is 4.69. The zero-order valence-electron chi connectivity index (χ0n) is 7.99. The highest BCUT2D eigenvalue weighted by molar-refractivity contribution is 7.98. The maximum absolute atomic E-state index is 8.76. The van der Waals surface area contributed by atoms with Gasteiger partial charge in [-0.15, -0.1) is 11.8 Å². The van der Waals surface area contributed by atoms with Crippen LogP contribution in [0.15, 0.2) is 23.1 Å². The summed E-state index contributed by atoms with van der Waals surface area (Å²) in [6.45, 7) is 0. The first-order valence-electron chi connectivity index (χ1n) is 4.58. The fourth-order valence-corrected chi connectivity index (χ4v) is 1.72. The van der Waals surface area contributed by atoms with Gasteiger partial charge in [0.25, 0.3) is 0 Å². The number of hydrogen-bond donors (Lipinski definition) is 0. The van der Waals surface area contributed by atoms with Gasteiger partial charge in [-0.05, 0) is 37.3 Å². The minimum Gasteiger partial charge on any atom is -0.489 e. The van der Waals surface area contributed by atoms with Crippen molar-refractivity contribution in [3.63, 3.8) is 0 Å². The Morgan fingerprint density at radius 3 is 2.86 bits per heavy atom. The molecular formula is C11H11NOS. The van der Waals surface area contributed by atoms with Gasteiger partial charge in [0.15, 0.2) is 0 Å². The van der Waals surface area contributed by atoms with Crippen LogP contribution in [0.1, 0.15) is 18.4 Å². The molecule has 1 aliphatic carbocycles. The summed E-state index contributed by atoms with van der Waals surface area (Å²) >= 11 is 1.65. The zero-order valence-corrected chi connectivity index (χ0v) is 8.80. The van der Waals surface area contributed by atoms with Gasteiger partial charge in [-0.2, -0.15) is 5.26 Å². The van der Waals surface area contributed by atoms with Gasteiger partial charge in [0.05, 0.1) is 17.7 Å². The highest BCUT2D eigenvalue weighted by Crippen LogP contribution is 2.33. The van der Waals surface area contributed by atoms with E-state index in [0.717, 1.165) is 23.5 Å². The van der Waals surface area contributed by atoms with Crippen molar-refractivity contribution in [1.82, 2.24) is 0 Å². The van der Waals surface area contributed by atoms with Crippen LogP contribution in [0.25, 0.3) is 0 Å². The molecule has 1 aliphatic rings. The van der Waals surface area contributed by atoms with Gasteiger partial charge in [0, 0.05) is 4.90 Å². The second-order valence-electron chi connectivity index (χ2n) is 3.29. The van der Waals surface area contributed by atoms with E-state index >= 15 is 0 Å². The van der Waals surface area contributed by atoms with Crippen molar-refractivity contribution in [2.45, 2.75) is 23.8 Å². The molecule has 0 aliphatic heterocycles. The highest BCUT2D eigenvalue weighted by Gasteiger charge is 2.24. The first-order valence-corrected chi connectivity index (χ1v) is 5.81. The average Bonchev–Trinajstić information content (AvgIpc) is 3.01. The average molecular weight is 205 g/mol. The summed E-state index contributed by atoms with van der Waals surface area (Å²) in [5.74, 6) is 0.860. The minimum atomic E-state index is 0.384. The van der Waals surface area contributed by atoms with Crippen molar-refractivity contribution in [1.29, 1.82) is 5.26 Å². The van der Waals surface area contributed by atoms with E-state index in [1.165, 1.54) is 0 Å². The van der Waals surface area contributed by atoms with Crippen molar-refractivity contribution in [2.24, 2.45) is 0 Å². The predicted molar refractivity (Wildman–Crippen MR) is 56.6 cm³/mol. The Balaban J connectivity index is 2.27. The number of thioether (sulfide) groups is 1. The molecule has 14 heavy (non-hydrogen) atoms. The van der Waals surface area contributed by atoms with Crippen LogP contribution in [0.4, 0.5) is 0 Å². The lowest BCUT2D eigenvalue weighted by molar-refractivity contribution is 0.296. The van der Waals surface area contributed by atoms with Gasteiger partial charge in [0.2, 0.25) is 0 Å². The summed E-state index contributed by atoms with van der Waals surface area (Å²) in [5.41, 5.74) is 0.665. The third-order valence-electron chi connectivity index (χ3n) is 2.11. The molecule has 1 fully saturated rings. The van der Waals surface area contributed by atoms with Gasteiger partial charge >= 0.3 is 0 Å². The molecule has 3 heteroatoms. The molecule has 0 unspecified atom stereocenters. The number of hydrogen-bond acceptors (Lipinski definition) is 3. The van der Waals surface area contributed by atoms with Crippen LogP contribution in [-0.2, 0) is 0 Å². The molecule has 0 spiro atoms. The van der Waals surface area contributed by atoms with Crippen LogP contribution in [-0.4, -0.2) is 12.4 Å². The molecule has 2 nitrogen and oxygen atoms in total. The third-order valence-corrected chi connectivity index (χ3v) is 2.89. The van der Waals surface area contributed by atoms with E-state index in [4.69, 9.17) is 10.00 Å². The first-order chi connectivity index (χ1) is 6.83. The van der Waals surface area contributed by atoms with E-state index in [-0.39, 0.29) is 0 Å². The van der Waals surface area contributed by atoms with Crippen LogP contribution in [0, 0.1) is 11.3 Å². The molecule has 2 rings (SSSR count). The fraction of sp³-hybridized carbons (Fsp3) is 0.364. The summed E-state index contributed by atoms with van der Waals surface area (Å²) in [6, 6.07) is 7.72. The lowest BCUT2D eigenvalue weighted by Gasteiger charge is -2.08. The molecule has 1 aromatic carbocycles. The Labute approximate surface area is 87.9 Å². The molecule has 1 aromatic rings. The first kappa shape index (κ1) is 9.42. The lowest BCUT2D eigenvalue weighted by atomic mass is 10.2. The third kappa shape index (κ3) is 2.02. The van der Waals surface area contributed by atoms with Gasteiger partial charge < -0.3 is 4.74 Å². The van der Waals surface area contributed by atoms with E-state index < -0.39 is 0 Å². The Hall–Kier alpha value is -1.14. The lowest BCUT2D eigenvalue weighted by Crippen LogP contribution is -1.97. The quantitative estimate of drug-likeness (QED) is 0.711. The molecule has 0 atom stereocenters. The molecule has 1 saturated carbocycles. The fourth-order valence-electron chi connectivity index (χ4n) is 1.20. The number of rotatable bonds is 3. The molecule has 0 bridgehead atoms. The summed E-state index contributed by atoms with van der Waals surface area (Å²) in [7, 11) is 0. The molecule has 0 saturated heterocycles. The molecular weight excluding hydrogens is 194 g/mol. The molecule has 0 amide bonds. The van der Waals surface area contributed by atoms with E-state index in [0.29, 0.717) is 11.7 Å². The Morgan fingerprint density at radius 1 is 1.50 bits per heavy atom. The second kappa shape index (κ2) is 3.93. The summed E-state index contributed by atoms with van der Waals surface area (Å²) in [4.78, 5) is 1.11. The van der Waals surface area contributed by atoms with Gasteiger partial charge in [-0.1, -0.05) is 0 Å². The normalized spacial score (nSPS) is 14.9. The van der Waals surface area contributed by atoms with E-state index in [1.54, 1.807) is 11.8 Å². The van der Waals surface area contributed by atoms with Gasteiger partial charge in [-0.25, -0.2) is 0 Å². The van der Waals surface area contributed by atoms with Crippen LogP contribution < -0.4 is 4.74 Å². The van der Waals surface area contributed by atoms with Crippen LogP contribution in [0.2, 0.25) is 0 Å². The van der Waals surface area contributed by atoms with E-state index in [2.05, 4.69) is 6.07 Å². The van der Waals surface area contributed by atoms with Crippen molar-refractivity contribution in [2.75, 3.05) is 6.26 Å². The largest absolute Gasteiger partial charge is 0.489 e. The predicted octanol–water partition coefficient (Wildman–Crippen LogP) is 2.82. The number of nitriles is 1. The van der Waals surface area contributed by atoms with Gasteiger partial charge in [-0.3, -0.25) is 0 Å². The van der Waals surface area contributed by atoms with E-state index in [9.17, 15) is 0 Å². The standard InChI is InChI=1S/C11H11NOS/c1-14-11-5-2-8(7-12)6-10(11)13-9-3-4-9/h2,5-6,9H,3-4H2,1H3. The van der Waals surface area contributed by atoms with Crippen molar-refractivity contribution >= 4 is 11.8 Å². The Kier molecular flexibility index (Phi) is 2.64. The van der Waals surface area contributed by atoms with Crippen molar-refractivity contribution in [3.05, 3.63) is 23.8 Å². The number of benzene rings is 1. The van der Waals surface area contributed by atoms with Crippen LogP contribution in [0.3, 0.4) is 0 Å². The molecule has 0 heterocycles. The SMILES string of the molecule is CSc1ccc(C#N)cc1OC1CC1. The zero-order chi connectivity index (χ0) is 9.97. The Morgan fingerprint density at radius 2 is 2.29 bits per heavy atom. The van der Waals surface area contributed by atoms with E-state index in [1.807, 2.05) is 24.5 Å². The molecule has 72 valence electrons. The number of nitrogens with zero attached hydrogens (tertiary/aromatic N) is 1. The smallest absolute Gasteiger partial charge is 0.134 e. The van der Waals surface area contributed by atoms with Gasteiger partial charge in [0.1, 0.15) is 5.75 Å². The monoisotopic (exact) mass is 205 g/mol. The van der Waals surface area contributed by atoms with Crippen LogP contribution in [0.5, 0.6) is 5.75 Å². The minimum absolute atomic E-state index is 0.384. The maximum Gasteiger partial charge on any atom is 0.134 e. The van der Waals surface area contributed by atoms with Crippen molar-refractivity contribution in [3.8, 4) is 11.8 Å².